The zero-order chi connectivity index (χ0) is 18.4. The number of fused-ring (bicyclic) bond motifs is 1. The number of rotatable bonds is 6. The Bertz CT molecular complexity index is 793. The van der Waals surface area contributed by atoms with Gasteiger partial charge in [0.05, 0.1) is 18.7 Å². The molecule has 1 amide bonds. The van der Waals surface area contributed by atoms with Gasteiger partial charge in [0.25, 0.3) is 5.91 Å². The normalized spacial score (nSPS) is 13.0. The molecule has 1 aliphatic rings. The van der Waals surface area contributed by atoms with Gasteiger partial charge in [-0.1, -0.05) is 30.3 Å². The van der Waals surface area contributed by atoms with Crippen molar-refractivity contribution in [3.05, 3.63) is 54.1 Å². The van der Waals surface area contributed by atoms with Crippen LogP contribution in [0.2, 0.25) is 0 Å². The minimum Gasteiger partial charge on any atom is -0.493 e. The number of aryl methyl sites for hydroxylation is 1. The van der Waals surface area contributed by atoms with Crippen LogP contribution in [0.25, 0.3) is 0 Å². The SMILES string of the molecule is Cc1ccccc1OCCC(=O)OCC(=O)N1CCSc2ccccc21. The molecule has 6 heteroatoms. The summed E-state index contributed by atoms with van der Waals surface area (Å²) in [6.07, 6.45) is 0.105. The smallest absolute Gasteiger partial charge is 0.309 e. The third-order valence-electron chi connectivity index (χ3n) is 4.04. The number of carbonyl (C=O) groups excluding carboxylic acids is 2. The van der Waals surface area contributed by atoms with Crippen molar-refractivity contribution in [3.8, 4) is 5.75 Å². The number of anilines is 1. The average Bonchev–Trinajstić information content (AvgIpc) is 2.67. The lowest BCUT2D eigenvalue weighted by molar-refractivity contribution is -0.148. The van der Waals surface area contributed by atoms with Gasteiger partial charge in [-0.3, -0.25) is 9.59 Å². The molecule has 2 aromatic carbocycles. The number of para-hydroxylation sites is 2. The Morgan fingerprint density at radius 2 is 1.88 bits per heavy atom. The molecule has 0 saturated heterocycles. The summed E-state index contributed by atoms with van der Waals surface area (Å²) in [5.74, 6) is 0.942. The largest absolute Gasteiger partial charge is 0.493 e. The predicted octanol–water partition coefficient (Wildman–Crippen LogP) is 3.45. The van der Waals surface area contributed by atoms with Gasteiger partial charge in [-0.15, -0.1) is 11.8 Å². The maximum absolute atomic E-state index is 12.4. The minimum atomic E-state index is -0.438. The molecule has 0 saturated carbocycles. The van der Waals surface area contributed by atoms with Crippen LogP contribution in [-0.4, -0.2) is 37.4 Å². The molecule has 0 aromatic heterocycles. The Hall–Kier alpha value is -2.47. The second kappa shape index (κ2) is 8.76. The molecule has 5 nitrogen and oxygen atoms in total. The number of nitrogens with zero attached hydrogens (tertiary/aromatic N) is 1. The van der Waals surface area contributed by atoms with Crippen molar-refractivity contribution in [1.29, 1.82) is 0 Å². The molecule has 3 rings (SSSR count). The van der Waals surface area contributed by atoms with E-state index in [0.29, 0.717) is 6.54 Å². The van der Waals surface area contributed by atoms with Crippen LogP contribution in [0.3, 0.4) is 0 Å². The molecule has 0 spiro atoms. The van der Waals surface area contributed by atoms with Crippen LogP contribution in [0.1, 0.15) is 12.0 Å². The second-order valence-electron chi connectivity index (χ2n) is 5.89. The van der Waals surface area contributed by atoms with Gasteiger partial charge in [0.1, 0.15) is 5.75 Å². The molecule has 136 valence electrons. The lowest BCUT2D eigenvalue weighted by Gasteiger charge is -2.28. The van der Waals surface area contributed by atoms with Crippen molar-refractivity contribution in [2.45, 2.75) is 18.2 Å². The van der Waals surface area contributed by atoms with E-state index in [1.165, 1.54) is 0 Å². The van der Waals surface area contributed by atoms with Crippen molar-refractivity contribution in [2.24, 2.45) is 0 Å². The molecular weight excluding hydrogens is 350 g/mol. The van der Waals surface area contributed by atoms with E-state index in [1.54, 1.807) is 16.7 Å². The van der Waals surface area contributed by atoms with Gasteiger partial charge in [-0.25, -0.2) is 0 Å². The first-order valence-corrected chi connectivity index (χ1v) is 9.50. The molecule has 0 aliphatic carbocycles. The maximum atomic E-state index is 12.4. The van der Waals surface area contributed by atoms with Gasteiger partial charge in [-0.05, 0) is 30.7 Å². The van der Waals surface area contributed by atoms with E-state index in [2.05, 4.69) is 0 Å². The fourth-order valence-electron chi connectivity index (χ4n) is 2.68. The number of esters is 1. The summed E-state index contributed by atoms with van der Waals surface area (Å²) in [7, 11) is 0. The van der Waals surface area contributed by atoms with Crippen LogP contribution in [-0.2, 0) is 14.3 Å². The second-order valence-corrected chi connectivity index (χ2v) is 7.02. The van der Waals surface area contributed by atoms with Crippen LogP contribution in [0.15, 0.2) is 53.4 Å². The quantitative estimate of drug-likeness (QED) is 0.728. The van der Waals surface area contributed by atoms with E-state index in [9.17, 15) is 9.59 Å². The molecular formula is C20H21NO4S. The van der Waals surface area contributed by atoms with Gasteiger partial charge in [-0.2, -0.15) is 0 Å². The van der Waals surface area contributed by atoms with Gasteiger partial charge in [0.15, 0.2) is 6.61 Å². The first kappa shape index (κ1) is 18.3. The lowest BCUT2D eigenvalue weighted by atomic mass is 10.2. The predicted molar refractivity (Wildman–Crippen MR) is 102 cm³/mol. The van der Waals surface area contributed by atoms with E-state index < -0.39 is 5.97 Å². The Morgan fingerprint density at radius 1 is 1.12 bits per heavy atom. The first-order chi connectivity index (χ1) is 12.6. The summed E-state index contributed by atoms with van der Waals surface area (Å²) >= 11 is 1.73. The number of hydrogen-bond donors (Lipinski definition) is 0. The van der Waals surface area contributed by atoms with E-state index in [1.807, 2.05) is 55.5 Å². The molecule has 0 radical (unpaired) electrons. The molecule has 2 aromatic rings. The summed E-state index contributed by atoms with van der Waals surface area (Å²) < 4.78 is 10.7. The Balaban J connectivity index is 1.45. The number of amides is 1. The summed E-state index contributed by atoms with van der Waals surface area (Å²) in [6, 6.07) is 15.4. The number of ether oxygens (including phenoxy) is 2. The van der Waals surface area contributed by atoms with Crippen molar-refractivity contribution in [3.63, 3.8) is 0 Å². The van der Waals surface area contributed by atoms with Crippen molar-refractivity contribution >= 4 is 29.3 Å². The third kappa shape index (κ3) is 4.58. The summed E-state index contributed by atoms with van der Waals surface area (Å²) in [5.41, 5.74) is 1.89. The molecule has 0 bridgehead atoms. The molecule has 0 unspecified atom stereocenters. The van der Waals surface area contributed by atoms with Gasteiger partial charge < -0.3 is 14.4 Å². The minimum absolute atomic E-state index is 0.105. The molecule has 0 fully saturated rings. The summed E-state index contributed by atoms with van der Waals surface area (Å²) in [4.78, 5) is 27.0. The Kier molecular flexibility index (Phi) is 6.17. The van der Waals surface area contributed by atoms with E-state index in [0.717, 1.165) is 27.6 Å². The summed E-state index contributed by atoms with van der Waals surface area (Å²) in [6.45, 7) is 2.54. The Labute approximate surface area is 157 Å². The number of thioether (sulfide) groups is 1. The van der Waals surface area contributed by atoms with Gasteiger partial charge >= 0.3 is 5.97 Å². The average molecular weight is 371 g/mol. The molecule has 1 aliphatic heterocycles. The zero-order valence-electron chi connectivity index (χ0n) is 14.6. The number of hydrogen-bond acceptors (Lipinski definition) is 5. The van der Waals surface area contributed by atoms with Crippen LogP contribution in [0, 0.1) is 6.92 Å². The highest BCUT2D eigenvalue weighted by molar-refractivity contribution is 7.99. The molecule has 26 heavy (non-hydrogen) atoms. The van der Waals surface area contributed by atoms with Gasteiger partial charge in [0, 0.05) is 17.2 Å². The maximum Gasteiger partial charge on any atom is 0.309 e. The first-order valence-electron chi connectivity index (χ1n) is 8.51. The van der Waals surface area contributed by atoms with Crippen LogP contribution >= 0.6 is 11.8 Å². The highest BCUT2D eigenvalue weighted by Gasteiger charge is 2.23. The lowest BCUT2D eigenvalue weighted by Crippen LogP contribution is -2.38. The fraction of sp³-hybridized carbons (Fsp3) is 0.300. The van der Waals surface area contributed by atoms with E-state index in [-0.39, 0.29) is 25.5 Å². The van der Waals surface area contributed by atoms with E-state index in [4.69, 9.17) is 9.47 Å². The highest BCUT2D eigenvalue weighted by Crippen LogP contribution is 2.34. The standard InChI is InChI=1S/C20H21NO4S/c1-15-6-2-4-8-17(15)24-12-10-20(23)25-14-19(22)21-11-13-26-18-9-5-3-7-16(18)21/h2-9H,10-14H2,1H3. The van der Waals surface area contributed by atoms with Crippen molar-refractivity contribution in [1.82, 2.24) is 0 Å². The molecule has 1 heterocycles. The fourth-order valence-corrected chi connectivity index (χ4v) is 3.68. The van der Waals surface area contributed by atoms with E-state index >= 15 is 0 Å². The van der Waals surface area contributed by atoms with Crippen LogP contribution in [0.4, 0.5) is 5.69 Å². The highest BCUT2D eigenvalue weighted by atomic mass is 32.2. The van der Waals surface area contributed by atoms with Crippen molar-refractivity contribution < 1.29 is 19.1 Å². The third-order valence-corrected chi connectivity index (χ3v) is 5.09. The molecule has 0 atom stereocenters. The number of carbonyl (C=O) groups is 2. The molecule has 0 N–H and O–H groups in total. The number of benzene rings is 2. The van der Waals surface area contributed by atoms with Crippen LogP contribution in [0.5, 0.6) is 5.75 Å². The monoisotopic (exact) mass is 371 g/mol. The topological polar surface area (TPSA) is 55.8 Å². The van der Waals surface area contributed by atoms with Crippen molar-refractivity contribution in [2.75, 3.05) is 30.4 Å². The zero-order valence-corrected chi connectivity index (χ0v) is 15.5. The van der Waals surface area contributed by atoms with Gasteiger partial charge in [0.2, 0.25) is 0 Å². The van der Waals surface area contributed by atoms with Crippen LogP contribution < -0.4 is 9.64 Å². The summed E-state index contributed by atoms with van der Waals surface area (Å²) in [5, 5.41) is 0. The Morgan fingerprint density at radius 3 is 2.73 bits per heavy atom.